The average molecular weight is 300 g/mol. The molecule has 0 atom stereocenters. The Labute approximate surface area is 122 Å². The highest BCUT2D eigenvalue weighted by Gasteiger charge is 2.27. The standard InChI is InChI=1S/C15H19F3N2O/c16-15(17,18)10-12-5-4-6-13(9-12)19-11-14(21)20-7-2-1-3-8-20/h4-6,9,19H,1-3,7-8,10-11H2. The van der Waals surface area contributed by atoms with Crippen molar-refractivity contribution in [3.8, 4) is 0 Å². The molecule has 1 saturated heterocycles. The number of benzene rings is 1. The number of rotatable bonds is 4. The van der Waals surface area contributed by atoms with E-state index in [0.29, 0.717) is 5.69 Å². The van der Waals surface area contributed by atoms with E-state index in [9.17, 15) is 18.0 Å². The second-order valence-electron chi connectivity index (χ2n) is 5.29. The summed E-state index contributed by atoms with van der Waals surface area (Å²) in [4.78, 5) is 13.8. The molecule has 1 aromatic rings. The van der Waals surface area contributed by atoms with E-state index >= 15 is 0 Å². The van der Waals surface area contributed by atoms with Gasteiger partial charge >= 0.3 is 6.18 Å². The first-order valence-corrected chi connectivity index (χ1v) is 7.11. The summed E-state index contributed by atoms with van der Waals surface area (Å²) in [6.45, 7) is 1.67. The highest BCUT2D eigenvalue weighted by atomic mass is 19.4. The third-order valence-electron chi connectivity index (χ3n) is 3.48. The van der Waals surface area contributed by atoms with Crippen LogP contribution in [0.3, 0.4) is 0 Å². The summed E-state index contributed by atoms with van der Waals surface area (Å²) in [6.07, 6.45) is -1.98. The minimum absolute atomic E-state index is 0.00377. The lowest BCUT2D eigenvalue weighted by Crippen LogP contribution is -2.39. The SMILES string of the molecule is O=C(CNc1cccc(CC(F)(F)F)c1)N1CCCCC1. The molecular weight excluding hydrogens is 281 g/mol. The van der Waals surface area contributed by atoms with Gasteiger partial charge in [0.25, 0.3) is 0 Å². The van der Waals surface area contributed by atoms with Gasteiger partial charge in [0, 0.05) is 18.8 Å². The number of amides is 1. The quantitative estimate of drug-likeness (QED) is 0.926. The van der Waals surface area contributed by atoms with Crippen LogP contribution >= 0.6 is 0 Å². The van der Waals surface area contributed by atoms with Gasteiger partial charge in [0.1, 0.15) is 0 Å². The van der Waals surface area contributed by atoms with E-state index in [1.807, 2.05) is 0 Å². The van der Waals surface area contributed by atoms with Gasteiger partial charge in [-0.05, 0) is 37.0 Å². The molecule has 0 spiro atoms. The molecule has 6 heteroatoms. The Hall–Kier alpha value is -1.72. The van der Waals surface area contributed by atoms with Crippen molar-refractivity contribution in [1.29, 1.82) is 0 Å². The van der Waals surface area contributed by atoms with E-state index in [0.717, 1.165) is 32.4 Å². The average Bonchev–Trinajstić information content (AvgIpc) is 2.44. The van der Waals surface area contributed by atoms with Gasteiger partial charge in [0.05, 0.1) is 13.0 Å². The van der Waals surface area contributed by atoms with Crippen molar-refractivity contribution in [1.82, 2.24) is 4.90 Å². The lowest BCUT2D eigenvalue weighted by Gasteiger charge is -2.26. The molecule has 1 fully saturated rings. The van der Waals surface area contributed by atoms with Crippen LogP contribution in [0.5, 0.6) is 0 Å². The molecule has 0 bridgehead atoms. The van der Waals surface area contributed by atoms with Crippen LogP contribution in [0.1, 0.15) is 24.8 Å². The number of piperidine rings is 1. The smallest absolute Gasteiger partial charge is 0.376 e. The minimum atomic E-state index is -4.22. The lowest BCUT2D eigenvalue weighted by molar-refractivity contribution is -0.130. The summed E-state index contributed by atoms with van der Waals surface area (Å²) < 4.78 is 37.0. The summed E-state index contributed by atoms with van der Waals surface area (Å²) in [5.41, 5.74) is 0.736. The number of hydrogen-bond donors (Lipinski definition) is 1. The zero-order valence-corrected chi connectivity index (χ0v) is 11.7. The van der Waals surface area contributed by atoms with Crippen LogP contribution < -0.4 is 5.32 Å². The van der Waals surface area contributed by atoms with Crippen LogP contribution in [-0.4, -0.2) is 36.6 Å². The van der Waals surface area contributed by atoms with E-state index in [4.69, 9.17) is 0 Å². The first-order valence-electron chi connectivity index (χ1n) is 7.11. The topological polar surface area (TPSA) is 32.3 Å². The Balaban J connectivity index is 1.87. The zero-order valence-electron chi connectivity index (χ0n) is 11.7. The third kappa shape index (κ3) is 5.28. The summed E-state index contributed by atoms with van der Waals surface area (Å²) >= 11 is 0. The van der Waals surface area contributed by atoms with E-state index < -0.39 is 12.6 Å². The van der Waals surface area contributed by atoms with Crippen molar-refractivity contribution in [2.24, 2.45) is 0 Å². The van der Waals surface area contributed by atoms with Crippen LogP contribution in [0.15, 0.2) is 24.3 Å². The van der Waals surface area contributed by atoms with Gasteiger partial charge in [-0.2, -0.15) is 13.2 Å². The molecule has 3 nitrogen and oxygen atoms in total. The lowest BCUT2D eigenvalue weighted by atomic mass is 10.1. The van der Waals surface area contributed by atoms with Crippen molar-refractivity contribution < 1.29 is 18.0 Å². The van der Waals surface area contributed by atoms with Crippen molar-refractivity contribution >= 4 is 11.6 Å². The fourth-order valence-corrected chi connectivity index (χ4v) is 2.46. The summed E-state index contributed by atoms with van der Waals surface area (Å²) in [5, 5.41) is 2.91. The molecule has 0 aromatic heterocycles. The van der Waals surface area contributed by atoms with Crippen LogP contribution in [-0.2, 0) is 11.2 Å². The molecular formula is C15H19F3N2O. The van der Waals surface area contributed by atoms with Crippen LogP contribution in [0.2, 0.25) is 0 Å². The van der Waals surface area contributed by atoms with Crippen molar-refractivity contribution in [3.63, 3.8) is 0 Å². The van der Waals surface area contributed by atoms with Gasteiger partial charge in [-0.15, -0.1) is 0 Å². The fraction of sp³-hybridized carbons (Fsp3) is 0.533. The fourth-order valence-electron chi connectivity index (χ4n) is 2.46. The first kappa shape index (κ1) is 15.7. The number of alkyl halides is 3. The number of anilines is 1. The Bertz CT molecular complexity index is 482. The zero-order chi connectivity index (χ0) is 15.3. The largest absolute Gasteiger partial charge is 0.393 e. The maximum absolute atomic E-state index is 12.3. The molecule has 0 unspecified atom stereocenters. The number of hydrogen-bond acceptors (Lipinski definition) is 2. The second kappa shape index (κ2) is 6.83. The highest BCUT2D eigenvalue weighted by Crippen LogP contribution is 2.22. The third-order valence-corrected chi connectivity index (χ3v) is 3.48. The maximum atomic E-state index is 12.3. The first-order chi connectivity index (χ1) is 9.94. The number of carbonyl (C=O) groups excluding carboxylic acids is 1. The van der Waals surface area contributed by atoms with E-state index in [1.165, 1.54) is 12.1 Å². The molecule has 1 aromatic carbocycles. The molecule has 116 valence electrons. The Morgan fingerprint density at radius 2 is 1.90 bits per heavy atom. The van der Waals surface area contributed by atoms with Crippen LogP contribution in [0, 0.1) is 0 Å². The van der Waals surface area contributed by atoms with Gasteiger partial charge in [-0.1, -0.05) is 12.1 Å². The molecule has 21 heavy (non-hydrogen) atoms. The number of likely N-dealkylation sites (tertiary alicyclic amines) is 1. The van der Waals surface area contributed by atoms with Crippen molar-refractivity contribution in [3.05, 3.63) is 29.8 Å². The maximum Gasteiger partial charge on any atom is 0.393 e. The number of nitrogens with zero attached hydrogens (tertiary/aromatic N) is 1. The van der Waals surface area contributed by atoms with Gasteiger partial charge in [0.2, 0.25) is 5.91 Å². The summed E-state index contributed by atoms with van der Waals surface area (Å²) in [5.74, 6) is -0.00377. The summed E-state index contributed by atoms with van der Waals surface area (Å²) in [6, 6.07) is 6.11. The molecule has 1 aliphatic rings. The van der Waals surface area contributed by atoms with Crippen molar-refractivity contribution in [2.45, 2.75) is 31.9 Å². The normalized spacial score (nSPS) is 15.9. The second-order valence-corrected chi connectivity index (χ2v) is 5.29. The Kier molecular flexibility index (Phi) is 5.09. The van der Waals surface area contributed by atoms with Crippen LogP contribution in [0.4, 0.5) is 18.9 Å². The molecule has 0 radical (unpaired) electrons. The van der Waals surface area contributed by atoms with E-state index in [-0.39, 0.29) is 18.0 Å². The number of halogens is 3. The summed E-state index contributed by atoms with van der Waals surface area (Å²) in [7, 11) is 0. The molecule has 1 heterocycles. The van der Waals surface area contributed by atoms with E-state index in [2.05, 4.69) is 5.32 Å². The van der Waals surface area contributed by atoms with Gasteiger partial charge in [0.15, 0.2) is 0 Å². The molecule has 1 amide bonds. The molecule has 0 aliphatic carbocycles. The predicted octanol–water partition coefficient (Wildman–Crippen LogP) is 3.22. The van der Waals surface area contributed by atoms with Gasteiger partial charge in [-0.3, -0.25) is 4.79 Å². The Morgan fingerprint density at radius 3 is 2.57 bits per heavy atom. The minimum Gasteiger partial charge on any atom is -0.376 e. The molecule has 1 aliphatic heterocycles. The van der Waals surface area contributed by atoms with Gasteiger partial charge < -0.3 is 10.2 Å². The number of carbonyl (C=O) groups is 1. The monoisotopic (exact) mass is 300 g/mol. The Morgan fingerprint density at radius 1 is 1.19 bits per heavy atom. The number of nitrogens with one attached hydrogen (secondary N) is 1. The predicted molar refractivity (Wildman–Crippen MR) is 75.1 cm³/mol. The molecule has 1 N–H and O–H groups in total. The molecule has 2 rings (SSSR count). The van der Waals surface area contributed by atoms with Crippen molar-refractivity contribution in [2.75, 3.05) is 25.0 Å². The highest BCUT2D eigenvalue weighted by molar-refractivity contribution is 5.81. The van der Waals surface area contributed by atoms with E-state index in [1.54, 1.807) is 17.0 Å². The molecule has 0 saturated carbocycles. The van der Waals surface area contributed by atoms with Crippen LogP contribution in [0.25, 0.3) is 0 Å². The van der Waals surface area contributed by atoms with Gasteiger partial charge in [-0.25, -0.2) is 0 Å².